The van der Waals surface area contributed by atoms with Gasteiger partial charge < -0.3 is 16.0 Å². The minimum Gasteiger partial charge on any atom is -0.338 e. The molecule has 0 aromatic heterocycles. The van der Waals surface area contributed by atoms with Crippen LogP contribution in [0.25, 0.3) is 0 Å². The molecule has 3 amide bonds. The Labute approximate surface area is 143 Å². The lowest BCUT2D eigenvalue weighted by Gasteiger charge is -2.09. The van der Waals surface area contributed by atoms with Gasteiger partial charge in [-0.05, 0) is 42.3 Å². The summed E-state index contributed by atoms with van der Waals surface area (Å²) < 4.78 is 1.02. The lowest BCUT2D eigenvalue weighted by molar-refractivity contribution is -0.114. The van der Waals surface area contributed by atoms with E-state index in [0.717, 1.165) is 16.5 Å². The van der Waals surface area contributed by atoms with Gasteiger partial charge >= 0.3 is 6.03 Å². The molecule has 0 saturated carbocycles. The molecule has 2 rings (SSSR count). The highest BCUT2D eigenvalue weighted by Crippen LogP contribution is 2.15. The van der Waals surface area contributed by atoms with E-state index < -0.39 is 0 Å². The van der Waals surface area contributed by atoms with Crippen LogP contribution in [0.15, 0.2) is 53.0 Å². The molecule has 0 heterocycles. The van der Waals surface area contributed by atoms with Crippen LogP contribution in [0.3, 0.4) is 0 Å². The second kappa shape index (κ2) is 8.33. The Hall–Kier alpha value is -2.34. The first-order valence-corrected chi connectivity index (χ1v) is 7.99. The third kappa shape index (κ3) is 6.12. The summed E-state index contributed by atoms with van der Waals surface area (Å²) in [7, 11) is 0. The molecular weight excluding hydrogens is 358 g/mol. The summed E-state index contributed by atoms with van der Waals surface area (Å²) in [6.45, 7) is 1.97. The van der Waals surface area contributed by atoms with Crippen molar-refractivity contribution in [1.29, 1.82) is 0 Å². The standard InChI is InChI=1S/C17H18BrN3O2/c1-12(22)20-15-6-3-7-16(11-15)21-17(23)19-9-8-13-4-2-5-14(18)10-13/h2-7,10-11H,8-9H2,1H3,(H,20,22)(H2,19,21,23). The molecule has 2 aromatic rings. The van der Waals surface area contributed by atoms with Crippen LogP contribution < -0.4 is 16.0 Å². The third-order valence-corrected chi connectivity index (χ3v) is 3.52. The van der Waals surface area contributed by atoms with Gasteiger partial charge in [-0.3, -0.25) is 4.79 Å². The fraction of sp³-hybridized carbons (Fsp3) is 0.176. The van der Waals surface area contributed by atoms with E-state index in [0.29, 0.717) is 17.9 Å². The Morgan fingerprint density at radius 2 is 1.70 bits per heavy atom. The topological polar surface area (TPSA) is 70.2 Å². The Kier molecular flexibility index (Phi) is 6.17. The van der Waals surface area contributed by atoms with E-state index in [9.17, 15) is 9.59 Å². The number of anilines is 2. The third-order valence-electron chi connectivity index (χ3n) is 3.03. The number of hydrogen-bond donors (Lipinski definition) is 3. The first kappa shape index (κ1) is 17.0. The van der Waals surface area contributed by atoms with Gasteiger partial charge in [0.2, 0.25) is 5.91 Å². The summed E-state index contributed by atoms with van der Waals surface area (Å²) in [4.78, 5) is 22.9. The summed E-state index contributed by atoms with van der Waals surface area (Å²) >= 11 is 3.42. The van der Waals surface area contributed by atoms with Gasteiger partial charge in [0.1, 0.15) is 0 Å². The molecule has 23 heavy (non-hydrogen) atoms. The van der Waals surface area contributed by atoms with E-state index in [1.165, 1.54) is 6.92 Å². The fourth-order valence-corrected chi connectivity index (χ4v) is 2.51. The van der Waals surface area contributed by atoms with Crippen molar-refractivity contribution in [1.82, 2.24) is 5.32 Å². The van der Waals surface area contributed by atoms with Gasteiger partial charge in [0.15, 0.2) is 0 Å². The lowest BCUT2D eigenvalue weighted by atomic mass is 10.1. The van der Waals surface area contributed by atoms with Crippen molar-refractivity contribution in [2.24, 2.45) is 0 Å². The molecule has 0 aliphatic heterocycles. The molecule has 0 aliphatic carbocycles. The summed E-state index contributed by atoms with van der Waals surface area (Å²) in [5.41, 5.74) is 2.41. The first-order chi connectivity index (χ1) is 11.0. The highest BCUT2D eigenvalue weighted by Gasteiger charge is 2.03. The molecule has 5 nitrogen and oxygen atoms in total. The van der Waals surface area contributed by atoms with Crippen LogP contribution in [0.4, 0.5) is 16.2 Å². The molecule has 0 unspecified atom stereocenters. The minimum atomic E-state index is -0.278. The van der Waals surface area contributed by atoms with E-state index in [1.807, 2.05) is 24.3 Å². The van der Waals surface area contributed by atoms with E-state index in [1.54, 1.807) is 24.3 Å². The zero-order valence-corrected chi connectivity index (χ0v) is 14.3. The van der Waals surface area contributed by atoms with Crippen LogP contribution >= 0.6 is 15.9 Å². The second-order valence-corrected chi connectivity index (χ2v) is 5.94. The maximum atomic E-state index is 11.9. The second-order valence-electron chi connectivity index (χ2n) is 5.02. The zero-order chi connectivity index (χ0) is 16.7. The molecule has 0 bridgehead atoms. The molecular formula is C17H18BrN3O2. The van der Waals surface area contributed by atoms with Crippen molar-refractivity contribution in [3.8, 4) is 0 Å². The summed E-state index contributed by atoms with van der Waals surface area (Å²) in [5.74, 6) is -0.152. The Balaban J connectivity index is 1.81. The van der Waals surface area contributed by atoms with E-state index in [4.69, 9.17) is 0 Å². The lowest BCUT2D eigenvalue weighted by Crippen LogP contribution is -2.30. The average Bonchev–Trinajstić information content (AvgIpc) is 2.47. The van der Waals surface area contributed by atoms with E-state index in [-0.39, 0.29) is 11.9 Å². The van der Waals surface area contributed by atoms with Gasteiger partial charge in [0, 0.05) is 29.3 Å². The highest BCUT2D eigenvalue weighted by atomic mass is 79.9. The van der Waals surface area contributed by atoms with Crippen LogP contribution in [0, 0.1) is 0 Å². The Morgan fingerprint density at radius 3 is 2.39 bits per heavy atom. The van der Waals surface area contributed by atoms with Gasteiger partial charge in [0.25, 0.3) is 0 Å². The molecule has 0 saturated heterocycles. The largest absolute Gasteiger partial charge is 0.338 e. The monoisotopic (exact) mass is 375 g/mol. The first-order valence-electron chi connectivity index (χ1n) is 7.20. The van der Waals surface area contributed by atoms with Crippen molar-refractivity contribution < 1.29 is 9.59 Å². The number of rotatable bonds is 5. The Morgan fingerprint density at radius 1 is 1.00 bits per heavy atom. The van der Waals surface area contributed by atoms with Crippen molar-refractivity contribution in [2.75, 3.05) is 17.2 Å². The number of amides is 3. The normalized spacial score (nSPS) is 10.0. The fourth-order valence-electron chi connectivity index (χ4n) is 2.07. The molecule has 120 valence electrons. The predicted molar refractivity (Wildman–Crippen MR) is 95.6 cm³/mol. The number of urea groups is 1. The zero-order valence-electron chi connectivity index (χ0n) is 12.7. The molecule has 0 fully saturated rings. The number of nitrogens with one attached hydrogen (secondary N) is 3. The van der Waals surface area contributed by atoms with Crippen molar-refractivity contribution in [3.05, 3.63) is 58.6 Å². The van der Waals surface area contributed by atoms with Crippen LogP contribution in [0.2, 0.25) is 0 Å². The molecule has 6 heteroatoms. The highest BCUT2D eigenvalue weighted by molar-refractivity contribution is 9.10. The van der Waals surface area contributed by atoms with Gasteiger partial charge in [-0.25, -0.2) is 4.79 Å². The van der Waals surface area contributed by atoms with Gasteiger partial charge in [-0.2, -0.15) is 0 Å². The molecule has 0 aliphatic rings. The van der Waals surface area contributed by atoms with Crippen LogP contribution in [-0.4, -0.2) is 18.5 Å². The van der Waals surface area contributed by atoms with Gasteiger partial charge in [0.05, 0.1) is 0 Å². The van der Waals surface area contributed by atoms with Gasteiger partial charge in [-0.15, -0.1) is 0 Å². The number of halogens is 1. The van der Waals surface area contributed by atoms with Crippen molar-refractivity contribution in [3.63, 3.8) is 0 Å². The summed E-state index contributed by atoms with van der Waals surface area (Å²) in [6.07, 6.45) is 0.749. The maximum absolute atomic E-state index is 11.9. The SMILES string of the molecule is CC(=O)Nc1cccc(NC(=O)NCCc2cccc(Br)c2)c1. The molecule has 0 atom stereocenters. The predicted octanol–water partition coefficient (Wildman–Crippen LogP) is 3.77. The van der Waals surface area contributed by atoms with Crippen LogP contribution in [-0.2, 0) is 11.2 Å². The molecule has 3 N–H and O–H groups in total. The number of hydrogen-bond acceptors (Lipinski definition) is 2. The summed E-state index contributed by atoms with van der Waals surface area (Å²) in [5, 5.41) is 8.22. The molecule has 0 spiro atoms. The number of carbonyl (C=O) groups is 2. The van der Waals surface area contributed by atoms with E-state index in [2.05, 4.69) is 31.9 Å². The number of benzene rings is 2. The maximum Gasteiger partial charge on any atom is 0.319 e. The van der Waals surface area contributed by atoms with Crippen LogP contribution in [0.5, 0.6) is 0 Å². The quantitative estimate of drug-likeness (QED) is 0.744. The molecule has 0 radical (unpaired) electrons. The van der Waals surface area contributed by atoms with Gasteiger partial charge in [-0.1, -0.05) is 34.1 Å². The summed E-state index contributed by atoms with van der Waals surface area (Å²) in [6, 6.07) is 14.7. The molecule has 2 aromatic carbocycles. The van der Waals surface area contributed by atoms with Crippen LogP contribution in [0.1, 0.15) is 12.5 Å². The van der Waals surface area contributed by atoms with Crippen molar-refractivity contribution in [2.45, 2.75) is 13.3 Å². The van der Waals surface area contributed by atoms with Crippen molar-refractivity contribution >= 4 is 39.2 Å². The Bertz CT molecular complexity index is 704. The minimum absolute atomic E-state index is 0.152. The van der Waals surface area contributed by atoms with E-state index >= 15 is 0 Å². The smallest absolute Gasteiger partial charge is 0.319 e. The number of carbonyl (C=O) groups excluding carboxylic acids is 2. The average molecular weight is 376 g/mol.